The molecule has 2 N–H and O–H groups in total. The van der Waals surface area contributed by atoms with Crippen LogP contribution in [0.1, 0.15) is 12.5 Å². The number of hydrogen-bond acceptors (Lipinski definition) is 5. The van der Waals surface area contributed by atoms with Gasteiger partial charge in [-0.15, -0.1) is 35.3 Å². The van der Waals surface area contributed by atoms with Crippen molar-refractivity contribution in [3.05, 3.63) is 41.3 Å². The largest absolute Gasteiger partial charge is 0.504 e. The number of methoxy groups -OCH3 is 1. The molecule has 0 unspecified atom stereocenters. The van der Waals surface area contributed by atoms with Gasteiger partial charge < -0.3 is 25.0 Å². The van der Waals surface area contributed by atoms with Crippen molar-refractivity contribution in [2.75, 3.05) is 44.7 Å². The first kappa shape index (κ1) is 21.6. The van der Waals surface area contributed by atoms with Gasteiger partial charge in [-0.3, -0.25) is 0 Å². The molecule has 1 aromatic heterocycles. The summed E-state index contributed by atoms with van der Waals surface area (Å²) in [6.07, 6.45) is 0. The summed E-state index contributed by atoms with van der Waals surface area (Å²) in [6, 6.07) is 9.69. The number of guanidine groups is 1. The average Bonchev–Trinajstić information content (AvgIpc) is 3.20. The Bertz CT molecular complexity index is 731. The summed E-state index contributed by atoms with van der Waals surface area (Å²) in [7, 11) is 1.55. The van der Waals surface area contributed by atoms with Gasteiger partial charge in [0.25, 0.3) is 0 Å². The highest BCUT2D eigenvalue weighted by Gasteiger charge is 2.20. The van der Waals surface area contributed by atoms with Crippen molar-refractivity contribution in [3.8, 4) is 11.5 Å². The fourth-order valence-electron chi connectivity index (χ4n) is 3.01. The zero-order valence-corrected chi connectivity index (χ0v) is 18.9. The number of phenolic OH excluding ortho intramolecular Hbond substituents is 1. The summed E-state index contributed by atoms with van der Waals surface area (Å²) in [6.45, 7) is 7.30. The van der Waals surface area contributed by atoms with Crippen LogP contribution in [0.15, 0.2) is 40.7 Å². The highest BCUT2D eigenvalue weighted by Crippen LogP contribution is 2.26. The fourth-order valence-corrected chi connectivity index (χ4v) is 3.80. The number of rotatable bonds is 5. The molecule has 148 valence electrons. The van der Waals surface area contributed by atoms with Gasteiger partial charge in [0, 0.05) is 32.7 Å². The number of nitrogens with one attached hydrogen (secondary N) is 1. The molecule has 2 aromatic rings. The molecule has 1 aliphatic heterocycles. The molecule has 0 radical (unpaired) electrons. The molecule has 2 heterocycles. The van der Waals surface area contributed by atoms with Crippen LogP contribution in [0.3, 0.4) is 0 Å². The lowest BCUT2D eigenvalue weighted by Crippen LogP contribution is -2.52. The van der Waals surface area contributed by atoms with Crippen molar-refractivity contribution >= 4 is 46.3 Å². The first-order valence-electron chi connectivity index (χ1n) is 8.89. The van der Waals surface area contributed by atoms with Crippen LogP contribution in [0.2, 0.25) is 0 Å². The molecular weight excluding hydrogens is 475 g/mol. The second-order valence-electron chi connectivity index (χ2n) is 6.10. The minimum Gasteiger partial charge on any atom is -0.504 e. The van der Waals surface area contributed by atoms with E-state index in [9.17, 15) is 5.11 Å². The van der Waals surface area contributed by atoms with Gasteiger partial charge in [0.05, 0.1) is 18.7 Å². The normalized spacial score (nSPS) is 14.7. The van der Waals surface area contributed by atoms with Gasteiger partial charge in [0.15, 0.2) is 17.5 Å². The number of benzene rings is 1. The second kappa shape index (κ2) is 10.6. The smallest absolute Gasteiger partial charge is 0.194 e. The molecule has 1 aliphatic rings. The van der Waals surface area contributed by atoms with E-state index in [4.69, 9.17) is 9.73 Å². The predicted molar refractivity (Wildman–Crippen MR) is 123 cm³/mol. The molecule has 6 nitrogen and oxygen atoms in total. The number of halogens is 1. The quantitative estimate of drug-likeness (QED) is 0.373. The minimum atomic E-state index is 0. The van der Waals surface area contributed by atoms with Gasteiger partial charge in [0.1, 0.15) is 0 Å². The van der Waals surface area contributed by atoms with Crippen molar-refractivity contribution in [1.82, 2.24) is 10.2 Å². The standard InChI is InChI=1S/C19H26N4O2S.HI/c1-3-20-19(21-14-15-6-7-17(25-2)16(24)13-15)23-10-8-22(9-11-23)18-5-4-12-26-18;/h4-7,12-13,24H,3,8-11,14H2,1-2H3,(H,20,21);1H. The van der Waals surface area contributed by atoms with Gasteiger partial charge in [-0.2, -0.15) is 0 Å². The lowest BCUT2D eigenvalue weighted by atomic mass is 10.2. The topological polar surface area (TPSA) is 60.3 Å². The third kappa shape index (κ3) is 5.65. The molecule has 27 heavy (non-hydrogen) atoms. The summed E-state index contributed by atoms with van der Waals surface area (Å²) in [5.74, 6) is 1.55. The maximum absolute atomic E-state index is 9.92. The molecule has 0 saturated carbocycles. The van der Waals surface area contributed by atoms with E-state index in [1.807, 2.05) is 6.07 Å². The molecule has 1 aromatic carbocycles. The van der Waals surface area contributed by atoms with Crippen LogP contribution in [0, 0.1) is 0 Å². The van der Waals surface area contributed by atoms with Gasteiger partial charge in [-0.05, 0) is 42.1 Å². The number of phenols is 1. The number of piperazine rings is 1. The van der Waals surface area contributed by atoms with Crippen LogP contribution < -0.4 is 15.0 Å². The Morgan fingerprint density at radius 1 is 1.26 bits per heavy atom. The molecule has 0 spiro atoms. The molecule has 0 atom stereocenters. The fraction of sp³-hybridized carbons (Fsp3) is 0.421. The highest BCUT2D eigenvalue weighted by molar-refractivity contribution is 14.0. The van der Waals surface area contributed by atoms with Crippen LogP contribution in [-0.2, 0) is 6.54 Å². The lowest BCUT2D eigenvalue weighted by Gasteiger charge is -2.37. The number of anilines is 1. The van der Waals surface area contributed by atoms with E-state index in [0.717, 1.165) is 44.2 Å². The van der Waals surface area contributed by atoms with E-state index in [1.165, 1.54) is 5.00 Å². The molecule has 0 bridgehead atoms. The Morgan fingerprint density at radius 2 is 2.04 bits per heavy atom. The second-order valence-corrected chi connectivity index (χ2v) is 7.03. The molecule has 0 amide bonds. The Balaban J connectivity index is 0.00000261. The first-order chi connectivity index (χ1) is 12.7. The molecule has 3 rings (SSSR count). The van der Waals surface area contributed by atoms with Crippen LogP contribution in [0.5, 0.6) is 11.5 Å². The van der Waals surface area contributed by atoms with E-state index < -0.39 is 0 Å². The third-order valence-electron chi connectivity index (χ3n) is 4.39. The summed E-state index contributed by atoms with van der Waals surface area (Å²) in [5.41, 5.74) is 0.955. The van der Waals surface area contributed by atoms with E-state index in [0.29, 0.717) is 12.3 Å². The van der Waals surface area contributed by atoms with Gasteiger partial charge in [-0.1, -0.05) is 6.07 Å². The summed E-state index contributed by atoms with van der Waals surface area (Å²) >= 11 is 1.79. The minimum absolute atomic E-state index is 0. The van der Waals surface area contributed by atoms with Crippen LogP contribution in [-0.4, -0.2) is 55.8 Å². The van der Waals surface area contributed by atoms with Gasteiger partial charge in [-0.25, -0.2) is 4.99 Å². The third-order valence-corrected chi connectivity index (χ3v) is 5.32. The SMILES string of the molecule is CCNC(=NCc1ccc(OC)c(O)c1)N1CCN(c2cccs2)CC1.I. The zero-order valence-electron chi connectivity index (χ0n) is 15.7. The molecule has 1 saturated heterocycles. The van der Waals surface area contributed by atoms with Crippen molar-refractivity contribution in [2.24, 2.45) is 4.99 Å². The lowest BCUT2D eigenvalue weighted by molar-refractivity contribution is 0.372. The molecule has 8 heteroatoms. The van der Waals surface area contributed by atoms with Crippen molar-refractivity contribution in [2.45, 2.75) is 13.5 Å². The summed E-state index contributed by atoms with van der Waals surface area (Å²) < 4.78 is 5.09. The molecular formula is C19H27IN4O2S. The Labute approximate surface area is 181 Å². The Kier molecular flexibility index (Phi) is 8.49. The summed E-state index contributed by atoms with van der Waals surface area (Å²) in [5, 5.41) is 16.8. The van der Waals surface area contributed by atoms with Crippen LogP contribution >= 0.6 is 35.3 Å². The predicted octanol–water partition coefficient (Wildman–Crippen LogP) is 3.37. The van der Waals surface area contributed by atoms with Crippen LogP contribution in [0.4, 0.5) is 5.00 Å². The molecule has 1 fully saturated rings. The van der Waals surface area contributed by atoms with Crippen molar-refractivity contribution < 1.29 is 9.84 Å². The zero-order chi connectivity index (χ0) is 18.4. The number of thiophene rings is 1. The van der Waals surface area contributed by atoms with Crippen molar-refractivity contribution in [3.63, 3.8) is 0 Å². The van der Waals surface area contributed by atoms with E-state index in [2.05, 4.69) is 39.6 Å². The maximum Gasteiger partial charge on any atom is 0.194 e. The average molecular weight is 502 g/mol. The van der Waals surface area contributed by atoms with Gasteiger partial charge in [0.2, 0.25) is 0 Å². The van der Waals surface area contributed by atoms with Crippen LogP contribution in [0.25, 0.3) is 0 Å². The monoisotopic (exact) mass is 502 g/mol. The number of aliphatic imine (C=N–C) groups is 1. The number of hydrogen-bond donors (Lipinski definition) is 2. The summed E-state index contributed by atoms with van der Waals surface area (Å²) in [4.78, 5) is 9.48. The first-order valence-corrected chi connectivity index (χ1v) is 9.77. The van der Waals surface area contributed by atoms with E-state index in [1.54, 1.807) is 30.6 Å². The number of ether oxygens (including phenoxy) is 1. The maximum atomic E-state index is 9.92. The highest BCUT2D eigenvalue weighted by atomic mass is 127. The Hall–Kier alpha value is -1.68. The number of aromatic hydroxyl groups is 1. The molecule has 0 aliphatic carbocycles. The van der Waals surface area contributed by atoms with E-state index in [-0.39, 0.29) is 29.7 Å². The van der Waals surface area contributed by atoms with Gasteiger partial charge >= 0.3 is 0 Å². The Morgan fingerprint density at radius 3 is 2.63 bits per heavy atom. The number of nitrogens with zero attached hydrogens (tertiary/aromatic N) is 3. The van der Waals surface area contributed by atoms with Crippen molar-refractivity contribution in [1.29, 1.82) is 0 Å². The van der Waals surface area contributed by atoms with E-state index >= 15 is 0 Å².